The lowest BCUT2D eigenvalue weighted by molar-refractivity contribution is 0.132. The van der Waals surface area contributed by atoms with E-state index in [-0.39, 0.29) is 0 Å². The van der Waals surface area contributed by atoms with Crippen molar-refractivity contribution in [3.05, 3.63) is 36.0 Å². The summed E-state index contributed by atoms with van der Waals surface area (Å²) in [4.78, 5) is 7.22. The highest BCUT2D eigenvalue weighted by Gasteiger charge is 2.22. The first-order valence-electron chi connectivity index (χ1n) is 8.15. The molecule has 1 aromatic carbocycles. The van der Waals surface area contributed by atoms with Crippen LogP contribution < -0.4 is 5.73 Å². The molecular weight excluding hydrogens is 258 g/mol. The van der Waals surface area contributed by atoms with Gasteiger partial charge in [-0.05, 0) is 49.6 Å². The maximum atomic E-state index is 6.08. The third-order valence-corrected chi connectivity index (χ3v) is 4.63. The maximum absolute atomic E-state index is 6.08. The molecule has 21 heavy (non-hydrogen) atoms. The van der Waals surface area contributed by atoms with Crippen LogP contribution in [0.5, 0.6) is 0 Å². The second kappa shape index (κ2) is 6.44. The van der Waals surface area contributed by atoms with E-state index in [1.165, 1.54) is 44.2 Å². The van der Waals surface area contributed by atoms with Gasteiger partial charge in [-0.2, -0.15) is 0 Å². The lowest BCUT2D eigenvalue weighted by Gasteiger charge is -2.36. The van der Waals surface area contributed by atoms with E-state index in [2.05, 4.69) is 28.9 Å². The Labute approximate surface area is 127 Å². The minimum absolute atomic E-state index is 0.736. The molecule has 2 aromatic rings. The lowest BCUT2D eigenvalue weighted by atomic mass is 9.97. The van der Waals surface area contributed by atoms with Crippen LogP contribution >= 0.6 is 0 Å². The number of hydrogen-bond donors (Lipinski definition) is 1. The Balaban J connectivity index is 1.88. The summed E-state index contributed by atoms with van der Waals surface area (Å²) >= 11 is 0. The van der Waals surface area contributed by atoms with Crippen LogP contribution in [0, 0.1) is 0 Å². The highest BCUT2D eigenvalue weighted by Crippen LogP contribution is 2.27. The van der Waals surface area contributed by atoms with Crippen molar-refractivity contribution >= 4 is 16.6 Å². The normalized spacial score (nSPS) is 20.0. The SMILES string of the molecule is CCCC1CCCCN1Cc1ccc(N)c2cccnc12. The molecule has 112 valence electrons. The molecule has 0 saturated carbocycles. The zero-order chi connectivity index (χ0) is 14.7. The van der Waals surface area contributed by atoms with E-state index in [1.807, 2.05) is 18.3 Å². The number of nitrogens with two attached hydrogens (primary N) is 1. The van der Waals surface area contributed by atoms with Crippen LogP contribution in [0.1, 0.15) is 44.6 Å². The standard InChI is InChI=1S/C18H25N3/c1-2-6-15-7-3-4-12-21(15)13-14-9-10-17(19)16-8-5-11-20-18(14)16/h5,8-11,15H,2-4,6-7,12-13,19H2,1H3. The van der Waals surface area contributed by atoms with Crippen molar-refractivity contribution < 1.29 is 0 Å². The number of nitrogen functional groups attached to an aromatic ring is 1. The number of pyridine rings is 1. The van der Waals surface area contributed by atoms with Gasteiger partial charge in [0.1, 0.15) is 0 Å². The van der Waals surface area contributed by atoms with Crippen molar-refractivity contribution in [1.29, 1.82) is 0 Å². The zero-order valence-electron chi connectivity index (χ0n) is 12.9. The number of piperidine rings is 1. The highest BCUT2D eigenvalue weighted by molar-refractivity contribution is 5.92. The summed E-state index contributed by atoms with van der Waals surface area (Å²) in [7, 11) is 0. The third-order valence-electron chi connectivity index (χ3n) is 4.63. The summed E-state index contributed by atoms with van der Waals surface area (Å²) in [6, 6.07) is 8.95. The van der Waals surface area contributed by atoms with Crippen LogP contribution in [0.2, 0.25) is 0 Å². The van der Waals surface area contributed by atoms with Gasteiger partial charge < -0.3 is 5.73 Å². The number of aromatic nitrogens is 1. The quantitative estimate of drug-likeness (QED) is 0.863. The Morgan fingerprint density at radius 2 is 2.19 bits per heavy atom. The van der Waals surface area contributed by atoms with Gasteiger partial charge in [0.2, 0.25) is 0 Å². The van der Waals surface area contributed by atoms with Gasteiger partial charge in [-0.3, -0.25) is 9.88 Å². The van der Waals surface area contributed by atoms with Gasteiger partial charge in [0.15, 0.2) is 0 Å². The molecule has 3 heteroatoms. The fourth-order valence-corrected chi connectivity index (χ4v) is 3.53. The minimum Gasteiger partial charge on any atom is -0.398 e. The van der Waals surface area contributed by atoms with Crippen LogP contribution in [0.4, 0.5) is 5.69 Å². The Morgan fingerprint density at radius 1 is 1.29 bits per heavy atom. The molecule has 0 amide bonds. The van der Waals surface area contributed by atoms with Crippen molar-refractivity contribution in [2.45, 2.75) is 51.6 Å². The number of nitrogens with zero attached hydrogens (tertiary/aromatic N) is 2. The van der Waals surface area contributed by atoms with Crippen LogP contribution in [-0.2, 0) is 6.54 Å². The Hall–Kier alpha value is -1.61. The molecule has 1 aliphatic heterocycles. The predicted molar refractivity (Wildman–Crippen MR) is 89.1 cm³/mol. The predicted octanol–water partition coefficient (Wildman–Crippen LogP) is 3.97. The van der Waals surface area contributed by atoms with Crippen molar-refractivity contribution in [2.75, 3.05) is 12.3 Å². The summed E-state index contributed by atoms with van der Waals surface area (Å²) in [5.41, 5.74) is 9.28. The molecule has 2 N–H and O–H groups in total. The average molecular weight is 283 g/mol. The first-order valence-corrected chi connectivity index (χ1v) is 8.15. The van der Waals surface area contributed by atoms with Gasteiger partial charge in [-0.15, -0.1) is 0 Å². The van der Waals surface area contributed by atoms with E-state index in [1.54, 1.807) is 0 Å². The largest absolute Gasteiger partial charge is 0.398 e. The lowest BCUT2D eigenvalue weighted by Crippen LogP contribution is -2.38. The molecule has 1 aliphatic rings. The van der Waals surface area contributed by atoms with E-state index in [4.69, 9.17) is 5.73 Å². The molecule has 0 aliphatic carbocycles. The van der Waals surface area contributed by atoms with Gasteiger partial charge in [-0.25, -0.2) is 0 Å². The smallest absolute Gasteiger partial charge is 0.0767 e. The Bertz CT molecular complexity index is 606. The van der Waals surface area contributed by atoms with Gasteiger partial charge in [0, 0.05) is 29.9 Å². The van der Waals surface area contributed by atoms with E-state index in [0.29, 0.717) is 0 Å². The third kappa shape index (κ3) is 3.03. The molecule has 2 heterocycles. The average Bonchev–Trinajstić information content (AvgIpc) is 2.52. The second-order valence-corrected chi connectivity index (χ2v) is 6.12. The van der Waals surface area contributed by atoms with E-state index in [0.717, 1.165) is 29.2 Å². The molecule has 1 unspecified atom stereocenters. The molecule has 3 nitrogen and oxygen atoms in total. The fourth-order valence-electron chi connectivity index (χ4n) is 3.53. The number of benzene rings is 1. The van der Waals surface area contributed by atoms with Crippen LogP contribution in [0.3, 0.4) is 0 Å². The number of fused-ring (bicyclic) bond motifs is 1. The number of likely N-dealkylation sites (tertiary alicyclic amines) is 1. The van der Waals surface area contributed by atoms with E-state index >= 15 is 0 Å². The number of anilines is 1. The second-order valence-electron chi connectivity index (χ2n) is 6.12. The molecule has 0 spiro atoms. The monoisotopic (exact) mass is 283 g/mol. The maximum Gasteiger partial charge on any atom is 0.0767 e. The number of hydrogen-bond acceptors (Lipinski definition) is 3. The van der Waals surface area contributed by atoms with Crippen LogP contribution in [-0.4, -0.2) is 22.5 Å². The Kier molecular flexibility index (Phi) is 4.39. The fraction of sp³-hybridized carbons (Fsp3) is 0.500. The van der Waals surface area contributed by atoms with Crippen molar-refractivity contribution in [1.82, 2.24) is 9.88 Å². The molecule has 0 radical (unpaired) electrons. The summed E-state index contributed by atoms with van der Waals surface area (Å²) in [6.07, 6.45) is 8.48. The van der Waals surface area contributed by atoms with Gasteiger partial charge in [-0.1, -0.05) is 25.8 Å². The molecule has 1 atom stereocenters. The van der Waals surface area contributed by atoms with E-state index < -0.39 is 0 Å². The summed E-state index contributed by atoms with van der Waals surface area (Å²) in [5, 5.41) is 1.08. The Morgan fingerprint density at radius 3 is 3.05 bits per heavy atom. The highest BCUT2D eigenvalue weighted by atomic mass is 15.2. The topological polar surface area (TPSA) is 42.1 Å². The zero-order valence-corrected chi connectivity index (χ0v) is 12.9. The van der Waals surface area contributed by atoms with Crippen molar-refractivity contribution in [3.63, 3.8) is 0 Å². The van der Waals surface area contributed by atoms with Gasteiger partial charge in [0.25, 0.3) is 0 Å². The van der Waals surface area contributed by atoms with Gasteiger partial charge >= 0.3 is 0 Å². The summed E-state index contributed by atoms with van der Waals surface area (Å²) < 4.78 is 0. The van der Waals surface area contributed by atoms with E-state index in [9.17, 15) is 0 Å². The first kappa shape index (κ1) is 14.3. The molecular formula is C18H25N3. The molecule has 0 bridgehead atoms. The van der Waals surface area contributed by atoms with Crippen LogP contribution in [0.15, 0.2) is 30.5 Å². The molecule has 1 saturated heterocycles. The van der Waals surface area contributed by atoms with Crippen LogP contribution in [0.25, 0.3) is 10.9 Å². The number of rotatable bonds is 4. The summed E-state index contributed by atoms with van der Waals surface area (Å²) in [6.45, 7) is 4.49. The molecule has 1 aromatic heterocycles. The molecule has 1 fully saturated rings. The first-order chi connectivity index (χ1) is 10.3. The molecule has 3 rings (SSSR count). The van der Waals surface area contributed by atoms with Crippen molar-refractivity contribution in [2.24, 2.45) is 0 Å². The summed E-state index contributed by atoms with van der Waals surface area (Å²) in [5.74, 6) is 0. The van der Waals surface area contributed by atoms with Gasteiger partial charge in [0.05, 0.1) is 5.52 Å². The minimum atomic E-state index is 0.736. The van der Waals surface area contributed by atoms with Crippen molar-refractivity contribution in [3.8, 4) is 0 Å².